The van der Waals surface area contributed by atoms with Gasteiger partial charge in [-0.3, -0.25) is 0 Å². The van der Waals surface area contributed by atoms with Crippen LogP contribution in [0, 0.1) is 13.8 Å². The number of nitrogens with two attached hydrogens (primary N) is 1. The number of hydrogen-bond acceptors (Lipinski definition) is 1. The molecule has 0 unspecified atom stereocenters. The smallest absolute Gasteiger partial charge is 0.163 e. The fourth-order valence-corrected chi connectivity index (χ4v) is 1.17. The van der Waals surface area contributed by atoms with Crippen LogP contribution in [0.2, 0.25) is 0 Å². The molecule has 3 heteroatoms. The molecule has 1 aromatic rings. The zero-order chi connectivity index (χ0) is 9.84. The van der Waals surface area contributed by atoms with Gasteiger partial charge in [-0.15, -0.1) is 0 Å². The Morgan fingerprint density at radius 1 is 1.38 bits per heavy atom. The summed E-state index contributed by atoms with van der Waals surface area (Å²) in [4.78, 5) is 0. The molecule has 0 radical (unpaired) electrons. The van der Waals surface area contributed by atoms with E-state index in [1.807, 2.05) is 0 Å². The van der Waals surface area contributed by atoms with Crippen molar-refractivity contribution in [2.75, 3.05) is 0 Å². The van der Waals surface area contributed by atoms with Crippen molar-refractivity contribution in [3.8, 4) is 0 Å². The first kappa shape index (κ1) is 9.99. The van der Waals surface area contributed by atoms with Gasteiger partial charge in [-0.2, -0.15) is 0 Å². The average Bonchev–Trinajstić information content (AvgIpc) is 2.07. The average molecular weight is 194 g/mol. The molecule has 3 N–H and O–H groups in total. The molecular formula is C10H14N2S. The van der Waals surface area contributed by atoms with Crippen LogP contribution in [0.5, 0.6) is 0 Å². The van der Waals surface area contributed by atoms with E-state index >= 15 is 0 Å². The molecular weight excluding hydrogens is 180 g/mol. The first-order valence-electron chi connectivity index (χ1n) is 4.19. The van der Waals surface area contributed by atoms with Gasteiger partial charge in [-0.1, -0.05) is 18.2 Å². The SMILES string of the molecule is Cc1ccc(CNC(N)=S)cc1C. The Morgan fingerprint density at radius 3 is 2.62 bits per heavy atom. The molecule has 0 spiro atoms. The zero-order valence-electron chi connectivity index (χ0n) is 7.92. The summed E-state index contributed by atoms with van der Waals surface area (Å²) in [5, 5.41) is 3.26. The van der Waals surface area contributed by atoms with Gasteiger partial charge in [-0.05, 0) is 42.8 Å². The second kappa shape index (κ2) is 4.23. The quantitative estimate of drug-likeness (QED) is 0.703. The van der Waals surface area contributed by atoms with E-state index < -0.39 is 0 Å². The van der Waals surface area contributed by atoms with E-state index in [4.69, 9.17) is 18.0 Å². The Labute approximate surface area is 84.1 Å². The van der Waals surface area contributed by atoms with Crippen LogP contribution < -0.4 is 11.1 Å². The topological polar surface area (TPSA) is 38.0 Å². The lowest BCUT2D eigenvalue weighted by Crippen LogP contribution is -2.28. The monoisotopic (exact) mass is 194 g/mol. The lowest BCUT2D eigenvalue weighted by molar-refractivity contribution is 0.917. The van der Waals surface area contributed by atoms with Crippen LogP contribution in [-0.4, -0.2) is 5.11 Å². The molecule has 2 nitrogen and oxygen atoms in total. The Kier molecular flexibility index (Phi) is 3.25. The number of thiocarbonyl (C=S) groups is 1. The van der Waals surface area contributed by atoms with Crippen molar-refractivity contribution in [3.63, 3.8) is 0 Å². The van der Waals surface area contributed by atoms with E-state index in [0.29, 0.717) is 11.7 Å². The van der Waals surface area contributed by atoms with Crippen LogP contribution in [0.1, 0.15) is 16.7 Å². The number of rotatable bonds is 2. The maximum Gasteiger partial charge on any atom is 0.163 e. The predicted molar refractivity (Wildman–Crippen MR) is 59.5 cm³/mol. The van der Waals surface area contributed by atoms with Gasteiger partial charge in [0.25, 0.3) is 0 Å². The Balaban J connectivity index is 2.68. The van der Waals surface area contributed by atoms with Crippen LogP contribution in [0.3, 0.4) is 0 Å². The highest BCUT2D eigenvalue weighted by molar-refractivity contribution is 7.80. The lowest BCUT2D eigenvalue weighted by atomic mass is 10.1. The van der Waals surface area contributed by atoms with Crippen LogP contribution in [0.25, 0.3) is 0 Å². The number of aryl methyl sites for hydroxylation is 2. The van der Waals surface area contributed by atoms with Gasteiger partial charge in [0.2, 0.25) is 0 Å². The molecule has 0 aliphatic rings. The van der Waals surface area contributed by atoms with E-state index in [0.717, 1.165) is 0 Å². The second-order valence-corrected chi connectivity index (χ2v) is 3.58. The maximum atomic E-state index is 5.33. The Bertz CT molecular complexity index is 321. The Morgan fingerprint density at radius 2 is 2.08 bits per heavy atom. The standard InChI is InChI=1S/C10H14N2S/c1-7-3-4-9(5-8(7)2)6-12-10(11)13/h3-5H,6H2,1-2H3,(H3,11,12,13). The first-order chi connectivity index (χ1) is 6.09. The lowest BCUT2D eigenvalue weighted by Gasteiger charge is -2.06. The van der Waals surface area contributed by atoms with Crippen molar-refractivity contribution in [2.24, 2.45) is 5.73 Å². The van der Waals surface area contributed by atoms with Gasteiger partial charge in [0.15, 0.2) is 5.11 Å². The molecule has 0 heterocycles. The summed E-state index contributed by atoms with van der Waals surface area (Å²) >= 11 is 4.72. The highest BCUT2D eigenvalue weighted by Gasteiger charge is 1.95. The predicted octanol–water partition coefficient (Wildman–Crippen LogP) is 1.64. The third kappa shape index (κ3) is 3.03. The van der Waals surface area contributed by atoms with Gasteiger partial charge in [0.1, 0.15) is 0 Å². The molecule has 0 bridgehead atoms. The third-order valence-corrected chi connectivity index (χ3v) is 2.18. The van der Waals surface area contributed by atoms with Gasteiger partial charge in [-0.25, -0.2) is 0 Å². The molecule has 0 aromatic heterocycles. The summed E-state index contributed by atoms with van der Waals surface area (Å²) in [5.41, 5.74) is 9.13. The molecule has 0 fully saturated rings. The highest BCUT2D eigenvalue weighted by atomic mass is 32.1. The fourth-order valence-electron chi connectivity index (χ4n) is 1.10. The van der Waals surface area contributed by atoms with Crippen LogP contribution in [0.4, 0.5) is 0 Å². The van der Waals surface area contributed by atoms with Crippen molar-refractivity contribution in [1.82, 2.24) is 5.32 Å². The third-order valence-electron chi connectivity index (χ3n) is 2.04. The van der Waals surface area contributed by atoms with Crippen molar-refractivity contribution < 1.29 is 0 Å². The number of nitrogens with one attached hydrogen (secondary N) is 1. The van der Waals surface area contributed by atoms with E-state index in [9.17, 15) is 0 Å². The molecule has 0 saturated carbocycles. The van der Waals surface area contributed by atoms with E-state index in [2.05, 4.69) is 37.4 Å². The van der Waals surface area contributed by atoms with Gasteiger partial charge >= 0.3 is 0 Å². The first-order valence-corrected chi connectivity index (χ1v) is 4.60. The molecule has 1 aromatic carbocycles. The minimum atomic E-state index is 0.346. The summed E-state index contributed by atoms with van der Waals surface area (Å²) in [7, 11) is 0. The second-order valence-electron chi connectivity index (χ2n) is 3.14. The number of benzene rings is 1. The van der Waals surface area contributed by atoms with E-state index in [1.165, 1.54) is 16.7 Å². The van der Waals surface area contributed by atoms with Crippen LogP contribution >= 0.6 is 12.2 Å². The summed E-state index contributed by atoms with van der Waals surface area (Å²) < 4.78 is 0. The molecule has 0 saturated heterocycles. The fraction of sp³-hybridized carbons (Fsp3) is 0.300. The highest BCUT2D eigenvalue weighted by Crippen LogP contribution is 2.09. The molecule has 0 amide bonds. The molecule has 1 rings (SSSR count). The minimum absolute atomic E-state index is 0.346. The van der Waals surface area contributed by atoms with Crippen LogP contribution in [-0.2, 0) is 6.54 Å². The van der Waals surface area contributed by atoms with E-state index in [-0.39, 0.29) is 0 Å². The van der Waals surface area contributed by atoms with E-state index in [1.54, 1.807) is 0 Å². The molecule has 0 aliphatic carbocycles. The Hall–Kier alpha value is -1.09. The van der Waals surface area contributed by atoms with Crippen molar-refractivity contribution in [1.29, 1.82) is 0 Å². The molecule has 13 heavy (non-hydrogen) atoms. The van der Waals surface area contributed by atoms with Gasteiger partial charge < -0.3 is 11.1 Å². The molecule has 0 aliphatic heterocycles. The van der Waals surface area contributed by atoms with Crippen molar-refractivity contribution >= 4 is 17.3 Å². The molecule has 0 atom stereocenters. The van der Waals surface area contributed by atoms with Gasteiger partial charge in [0, 0.05) is 6.54 Å². The summed E-state index contributed by atoms with van der Waals surface area (Å²) in [6.07, 6.45) is 0. The summed E-state index contributed by atoms with van der Waals surface area (Å²) in [6.45, 7) is 4.90. The molecule has 70 valence electrons. The summed E-state index contributed by atoms with van der Waals surface area (Å²) in [5.74, 6) is 0. The minimum Gasteiger partial charge on any atom is -0.376 e. The normalized spacial score (nSPS) is 9.69. The van der Waals surface area contributed by atoms with Crippen LogP contribution in [0.15, 0.2) is 18.2 Å². The van der Waals surface area contributed by atoms with Crippen molar-refractivity contribution in [3.05, 3.63) is 34.9 Å². The zero-order valence-corrected chi connectivity index (χ0v) is 8.74. The summed E-state index contributed by atoms with van der Waals surface area (Å²) in [6, 6.07) is 6.32. The number of hydrogen-bond donors (Lipinski definition) is 2. The van der Waals surface area contributed by atoms with Gasteiger partial charge in [0.05, 0.1) is 0 Å². The van der Waals surface area contributed by atoms with Crippen molar-refractivity contribution in [2.45, 2.75) is 20.4 Å². The largest absolute Gasteiger partial charge is 0.376 e. The maximum absolute atomic E-state index is 5.33.